The number of rotatable bonds is 7. The number of pyridine rings is 1. The van der Waals surface area contributed by atoms with Crippen LogP contribution in [0.2, 0.25) is 5.02 Å². The summed E-state index contributed by atoms with van der Waals surface area (Å²) in [5.41, 5.74) is 1.97. The smallest absolute Gasteiger partial charge is 0.421 e. The molecule has 2 aromatic heterocycles. The number of hydrogen-bond acceptors (Lipinski definition) is 5. The molecule has 5 aromatic rings. The number of nitrogens with zero attached hydrogens (tertiary/aromatic N) is 4. The van der Waals surface area contributed by atoms with Crippen LogP contribution < -0.4 is 0 Å². The summed E-state index contributed by atoms with van der Waals surface area (Å²) in [6, 6.07) is 18.1. The molecular weight excluding hydrogens is 593 g/mol. The largest absolute Gasteiger partial charge is 0.464 e. The van der Waals surface area contributed by atoms with Crippen molar-refractivity contribution in [1.82, 2.24) is 18.8 Å². The minimum atomic E-state index is -4.66. The van der Waals surface area contributed by atoms with Crippen LogP contribution in [0, 0.1) is 6.92 Å². The zero-order valence-electron chi connectivity index (χ0n) is 21.9. The number of benzene rings is 3. The van der Waals surface area contributed by atoms with Crippen molar-refractivity contribution in [2.75, 3.05) is 6.54 Å². The van der Waals surface area contributed by atoms with Gasteiger partial charge in [-0.2, -0.15) is 13.2 Å². The van der Waals surface area contributed by atoms with E-state index in [0.717, 1.165) is 11.6 Å². The van der Waals surface area contributed by atoms with Crippen LogP contribution >= 0.6 is 11.6 Å². The molecule has 2 heterocycles. The number of imidazole rings is 1. The Morgan fingerprint density at radius 1 is 1.05 bits per heavy atom. The van der Waals surface area contributed by atoms with E-state index >= 15 is 0 Å². The Labute approximate surface area is 243 Å². The molecule has 1 N–H and O–H groups in total. The summed E-state index contributed by atoms with van der Waals surface area (Å²) >= 11 is 6.04. The van der Waals surface area contributed by atoms with E-state index in [-0.39, 0.29) is 23.4 Å². The molecule has 0 aliphatic carbocycles. The summed E-state index contributed by atoms with van der Waals surface area (Å²) in [4.78, 5) is 20.3. The second-order valence-electron chi connectivity index (χ2n) is 9.42. The maximum absolute atomic E-state index is 13.5. The number of alkyl halides is 3. The third-order valence-electron chi connectivity index (χ3n) is 6.59. The maximum atomic E-state index is 13.5. The van der Waals surface area contributed by atoms with E-state index < -0.39 is 32.9 Å². The van der Waals surface area contributed by atoms with Crippen molar-refractivity contribution in [3.63, 3.8) is 0 Å². The van der Waals surface area contributed by atoms with Crippen LogP contribution in [0.15, 0.2) is 90.1 Å². The average Bonchev–Trinajstić information content (AvgIpc) is 3.31. The second kappa shape index (κ2) is 11.1. The van der Waals surface area contributed by atoms with Crippen molar-refractivity contribution in [2.45, 2.75) is 24.4 Å². The molecule has 0 unspecified atom stereocenters. The van der Waals surface area contributed by atoms with Gasteiger partial charge in [-0.15, -0.1) is 0 Å². The van der Waals surface area contributed by atoms with Crippen molar-refractivity contribution in [1.29, 1.82) is 0 Å². The number of hydrogen-bond donors (Lipinski definition) is 1. The standard InChI is InChI=1S/C29H22ClF3N4O4S/c1-18-4-10-22(11-5-18)42(40,41)36(28(38)39)14-12-19-6-8-21(9-7-19)37-26-16-24(30)23(29(31,32)33)15-25(26)35-27(37)20-3-2-13-34-17-20/h2-11,13,15-17H,12,14H2,1H3,(H,38,39). The number of aromatic nitrogens is 3. The molecule has 13 heteroatoms. The quantitative estimate of drug-likeness (QED) is 0.212. The predicted octanol–water partition coefficient (Wildman–Crippen LogP) is 6.98. The van der Waals surface area contributed by atoms with Gasteiger partial charge in [0, 0.05) is 30.2 Å². The van der Waals surface area contributed by atoms with Gasteiger partial charge in [-0.1, -0.05) is 41.4 Å². The Morgan fingerprint density at radius 3 is 2.33 bits per heavy atom. The van der Waals surface area contributed by atoms with Gasteiger partial charge in [0.05, 0.1) is 26.5 Å². The molecule has 0 radical (unpaired) electrons. The third-order valence-corrected chi connectivity index (χ3v) is 8.69. The van der Waals surface area contributed by atoms with Crippen molar-refractivity contribution >= 4 is 38.8 Å². The molecule has 0 saturated carbocycles. The first-order valence-electron chi connectivity index (χ1n) is 12.5. The summed E-state index contributed by atoms with van der Waals surface area (Å²) in [6.45, 7) is 1.46. The van der Waals surface area contributed by atoms with Gasteiger partial charge in [0.2, 0.25) is 0 Å². The van der Waals surface area contributed by atoms with E-state index in [2.05, 4.69) is 9.97 Å². The average molecular weight is 615 g/mol. The van der Waals surface area contributed by atoms with Gasteiger partial charge in [-0.25, -0.2) is 22.5 Å². The highest BCUT2D eigenvalue weighted by Gasteiger charge is 2.34. The highest BCUT2D eigenvalue weighted by Crippen LogP contribution is 2.39. The van der Waals surface area contributed by atoms with Crippen LogP contribution in [0.5, 0.6) is 0 Å². The minimum Gasteiger partial charge on any atom is -0.464 e. The van der Waals surface area contributed by atoms with Gasteiger partial charge in [0.15, 0.2) is 0 Å². The van der Waals surface area contributed by atoms with Crippen molar-refractivity contribution in [3.8, 4) is 17.1 Å². The zero-order chi connectivity index (χ0) is 30.2. The van der Waals surface area contributed by atoms with Crippen LogP contribution in [0.25, 0.3) is 28.1 Å². The van der Waals surface area contributed by atoms with E-state index in [1.54, 1.807) is 66.2 Å². The lowest BCUT2D eigenvalue weighted by Crippen LogP contribution is -2.37. The second-order valence-corrected chi connectivity index (χ2v) is 11.7. The predicted molar refractivity (Wildman–Crippen MR) is 151 cm³/mol. The summed E-state index contributed by atoms with van der Waals surface area (Å²) in [5, 5.41) is 9.18. The topological polar surface area (TPSA) is 105 Å². The number of sulfonamides is 1. The van der Waals surface area contributed by atoms with Crippen LogP contribution in [0.1, 0.15) is 16.7 Å². The number of amides is 1. The number of carboxylic acid groups (broad SMARTS) is 1. The first-order valence-corrected chi connectivity index (χ1v) is 14.3. The van der Waals surface area contributed by atoms with Crippen LogP contribution in [0.3, 0.4) is 0 Å². The zero-order valence-corrected chi connectivity index (χ0v) is 23.5. The molecule has 5 rings (SSSR count). The van der Waals surface area contributed by atoms with Crippen molar-refractivity contribution in [2.24, 2.45) is 0 Å². The summed E-state index contributed by atoms with van der Waals surface area (Å²) in [6.07, 6.45) is -3.09. The minimum absolute atomic E-state index is 0.0769. The molecule has 42 heavy (non-hydrogen) atoms. The molecule has 0 spiro atoms. The Balaban J connectivity index is 1.49. The van der Waals surface area contributed by atoms with Gasteiger partial charge in [-0.05, 0) is 67.4 Å². The lowest BCUT2D eigenvalue weighted by Gasteiger charge is -2.19. The Bertz CT molecular complexity index is 1880. The van der Waals surface area contributed by atoms with Gasteiger partial charge >= 0.3 is 12.3 Å². The van der Waals surface area contributed by atoms with Crippen LogP contribution in [0.4, 0.5) is 18.0 Å². The molecule has 1 amide bonds. The maximum Gasteiger partial charge on any atom is 0.421 e. The summed E-state index contributed by atoms with van der Waals surface area (Å²) in [7, 11) is -4.29. The van der Waals surface area contributed by atoms with Crippen molar-refractivity contribution < 1.29 is 31.5 Å². The Hall–Kier alpha value is -4.42. The highest BCUT2D eigenvalue weighted by atomic mass is 35.5. The van der Waals surface area contributed by atoms with Crippen LogP contribution in [-0.2, 0) is 22.6 Å². The lowest BCUT2D eigenvalue weighted by molar-refractivity contribution is -0.137. The lowest BCUT2D eigenvalue weighted by atomic mass is 10.1. The van der Waals surface area contributed by atoms with Gasteiger partial charge in [0.25, 0.3) is 10.0 Å². The fourth-order valence-corrected chi connectivity index (χ4v) is 6.00. The monoisotopic (exact) mass is 614 g/mol. The van der Waals surface area contributed by atoms with E-state index in [1.807, 2.05) is 0 Å². The molecule has 3 aromatic carbocycles. The number of fused-ring (bicyclic) bond motifs is 1. The van der Waals surface area contributed by atoms with E-state index in [4.69, 9.17) is 11.6 Å². The molecule has 216 valence electrons. The number of aryl methyl sites for hydroxylation is 1. The first-order chi connectivity index (χ1) is 19.9. The molecule has 0 aliphatic rings. The molecular formula is C29H22ClF3N4O4S. The van der Waals surface area contributed by atoms with E-state index in [0.29, 0.717) is 32.5 Å². The van der Waals surface area contributed by atoms with Gasteiger partial charge < -0.3 is 5.11 Å². The summed E-state index contributed by atoms with van der Waals surface area (Å²) in [5.74, 6) is 0.336. The fourth-order valence-electron chi connectivity index (χ4n) is 4.46. The third kappa shape index (κ3) is 5.68. The van der Waals surface area contributed by atoms with Gasteiger partial charge in [-0.3, -0.25) is 9.55 Å². The number of halogens is 4. The molecule has 0 aliphatic heterocycles. The van der Waals surface area contributed by atoms with E-state index in [9.17, 15) is 31.5 Å². The highest BCUT2D eigenvalue weighted by molar-refractivity contribution is 7.89. The molecule has 0 fully saturated rings. The molecule has 0 saturated heterocycles. The molecule has 8 nitrogen and oxygen atoms in total. The number of carbonyl (C=O) groups is 1. The van der Waals surface area contributed by atoms with Gasteiger partial charge in [0.1, 0.15) is 5.82 Å². The molecule has 0 bridgehead atoms. The summed E-state index contributed by atoms with van der Waals surface area (Å²) < 4.78 is 68.6. The van der Waals surface area contributed by atoms with E-state index in [1.165, 1.54) is 24.4 Å². The fraction of sp³-hybridized carbons (Fsp3) is 0.138. The Kier molecular flexibility index (Phi) is 7.69. The normalized spacial score (nSPS) is 12.0. The SMILES string of the molecule is Cc1ccc(S(=O)(=O)N(CCc2ccc(-n3c(-c4cccnc4)nc4cc(C(F)(F)F)c(Cl)cc43)cc2)C(=O)O)cc1. The Morgan fingerprint density at radius 2 is 1.74 bits per heavy atom. The first kappa shape index (κ1) is 29.1. The van der Waals surface area contributed by atoms with Crippen LogP contribution in [-0.4, -0.2) is 45.0 Å². The van der Waals surface area contributed by atoms with Crippen molar-refractivity contribution in [3.05, 3.63) is 107 Å². The molecule has 0 atom stereocenters.